The first-order valence-corrected chi connectivity index (χ1v) is 8.13. The van der Waals surface area contributed by atoms with Crippen molar-refractivity contribution in [2.24, 2.45) is 11.7 Å². The fourth-order valence-corrected chi connectivity index (χ4v) is 3.02. The molecule has 0 saturated heterocycles. The number of nitrogens with zero attached hydrogens (tertiary/aromatic N) is 1. The second-order valence-corrected chi connectivity index (χ2v) is 6.49. The maximum Gasteiger partial charge on any atom is 0.00952 e. The van der Waals surface area contributed by atoms with E-state index in [4.69, 9.17) is 5.73 Å². The van der Waals surface area contributed by atoms with Crippen LogP contribution in [0.5, 0.6) is 0 Å². The van der Waals surface area contributed by atoms with Crippen molar-refractivity contribution in [1.82, 2.24) is 4.90 Å². The van der Waals surface area contributed by atoms with E-state index in [1.807, 2.05) is 0 Å². The van der Waals surface area contributed by atoms with E-state index in [0.29, 0.717) is 6.04 Å². The second kappa shape index (κ2) is 8.92. The zero-order valence-corrected chi connectivity index (χ0v) is 12.8. The van der Waals surface area contributed by atoms with Crippen molar-refractivity contribution in [1.29, 1.82) is 0 Å². The van der Waals surface area contributed by atoms with Gasteiger partial charge in [0.2, 0.25) is 0 Å². The molecule has 108 valence electrons. The van der Waals surface area contributed by atoms with Gasteiger partial charge in [0.25, 0.3) is 0 Å². The molecule has 0 amide bonds. The van der Waals surface area contributed by atoms with Gasteiger partial charge in [0.15, 0.2) is 0 Å². The van der Waals surface area contributed by atoms with Gasteiger partial charge in [0.05, 0.1) is 0 Å². The molecule has 1 unspecified atom stereocenters. The monoisotopic (exact) mass is 254 g/mol. The highest BCUT2D eigenvalue weighted by Crippen LogP contribution is 2.24. The lowest BCUT2D eigenvalue weighted by Gasteiger charge is -2.30. The molecular formula is C16H34N2. The Morgan fingerprint density at radius 3 is 2.22 bits per heavy atom. The van der Waals surface area contributed by atoms with E-state index in [1.165, 1.54) is 64.5 Å². The number of hydrogen-bond donors (Lipinski definition) is 1. The van der Waals surface area contributed by atoms with Crippen molar-refractivity contribution in [2.75, 3.05) is 13.1 Å². The van der Waals surface area contributed by atoms with Gasteiger partial charge in [-0.05, 0) is 51.1 Å². The van der Waals surface area contributed by atoms with Crippen LogP contribution in [0.2, 0.25) is 0 Å². The van der Waals surface area contributed by atoms with E-state index < -0.39 is 0 Å². The van der Waals surface area contributed by atoms with Gasteiger partial charge in [-0.25, -0.2) is 0 Å². The van der Waals surface area contributed by atoms with Gasteiger partial charge in [0, 0.05) is 12.1 Å². The minimum absolute atomic E-state index is 0.415. The molecular weight excluding hydrogens is 220 g/mol. The third-order valence-corrected chi connectivity index (χ3v) is 4.28. The van der Waals surface area contributed by atoms with Crippen LogP contribution in [0.15, 0.2) is 0 Å². The fraction of sp³-hybridized carbons (Fsp3) is 1.00. The minimum atomic E-state index is 0.415. The smallest absolute Gasteiger partial charge is 0.00952 e. The lowest BCUT2D eigenvalue weighted by Crippen LogP contribution is -2.38. The molecule has 1 fully saturated rings. The van der Waals surface area contributed by atoms with Crippen LogP contribution in [0.1, 0.15) is 72.1 Å². The fourth-order valence-electron chi connectivity index (χ4n) is 3.02. The van der Waals surface area contributed by atoms with Crippen molar-refractivity contribution in [2.45, 2.75) is 84.2 Å². The Hall–Kier alpha value is -0.0800. The Morgan fingerprint density at radius 2 is 1.67 bits per heavy atom. The average Bonchev–Trinajstić information content (AvgIpc) is 2.82. The molecule has 0 heterocycles. The molecule has 1 aliphatic carbocycles. The summed E-state index contributed by atoms with van der Waals surface area (Å²) < 4.78 is 0. The quantitative estimate of drug-likeness (QED) is 0.678. The molecule has 0 spiro atoms. The highest BCUT2D eigenvalue weighted by Gasteiger charge is 2.22. The lowest BCUT2D eigenvalue weighted by atomic mass is 10.1. The van der Waals surface area contributed by atoms with Crippen LogP contribution < -0.4 is 5.73 Å². The number of nitrogens with two attached hydrogens (primary N) is 1. The second-order valence-electron chi connectivity index (χ2n) is 6.49. The summed E-state index contributed by atoms with van der Waals surface area (Å²) in [6.45, 7) is 9.39. The largest absolute Gasteiger partial charge is 0.328 e. The summed E-state index contributed by atoms with van der Waals surface area (Å²) in [5.74, 6) is 0.818. The highest BCUT2D eigenvalue weighted by molar-refractivity contribution is 4.78. The van der Waals surface area contributed by atoms with Crippen LogP contribution in [0.3, 0.4) is 0 Å². The van der Waals surface area contributed by atoms with Gasteiger partial charge in [-0.2, -0.15) is 0 Å². The maximum atomic E-state index is 6.16. The van der Waals surface area contributed by atoms with E-state index in [1.54, 1.807) is 0 Å². The van der Waals surface area contributed by atoms with Crippen molar-refractivity contribution in [3.8, 4) is 0 Å². The Morgan fingerprint density at radius 1 is 1.06 bits per heavy atom. The Labute approximate surface area is 114 Å². The predicted molar refractivity (Wildman–Crippen MR) is 80.8 cm³/mol. The predicted octanol–water partition coefficient (Wildman–Crippen LogP) is 3.79. The van der Waals surface area contributed by atoms with Crippen LogP contribution in [0.25, 0.3) is 0 Å². The first-order valence-electron chi connectivity index (χ1n) is 8.13. The molecule has 1 atom stereocenters. The lowest BCUT2D eigenvalue weighted by molar-refractivity contribution is 0.181. The molecule has 0 bridgehead atoms. The van der Waals surface area contributed by atoms with E-state index in [2.05, 4.69) is 25.7 Å². The molecule has 1 rings (SSSR count). The molecule has 2 nitrogen and oxygen atoms in total. The molecule has 0 aromatic rings. The van der Waals surface area contributed by atoms with Crippen molar-refractivity contribution in [3.05, 3.63) is 0 Å². The summed E-state index contributed by atoms with van der Waals surface area (Å²) in [6, 6.07) is 1.27. The van der Waals surface area contributed by atoms with Crippen LogP contribution in [-0.4, -0.2) is 30.1 Å². The molecule has 0 aliphatic heterocycles. The van der Waals surface area contributed by atoms with Gasteiger partial charge < -0.3 is 10.6 Å². The van der Waals surface area contributed by atoms with Gasteiger partial charge in [-0.15, -0.1) is 0 Å². The summed E-state index contributed by atoms with van der Waals surface area (Å²) >= 11 is 0. The van der Waals surface area contributed by atoms with E-state index in [0.717, 1.165) is 12.0 Å². The number of hydrogen-bond acceptors (Lipinski definition) is 2. The Balaban J connectivity index is 2.33. The summed E-state index contributed by atoms with van der Waals surface area (Å²) in [6.07, 6.45) is 10.6. The summed E-state index contributed by atoms with van der Waals surface area (Å²) in [7, 11) is 0. The minimum Gasteiger partial charge on any atom is -0.328 e. The van der Waals surface area contributed by atoms with Crippen molar-refractivity contribution >= 4 is 0 Å². The van der Waals surface area contributed by atoms with Gasteiger partial charge >= 0.3 is 0 Å². The zero-order chi connectivity index (χ0) is 13.4. The molecule has 0 radical (unpaired) electrons. The van der Waals surface area contributed by atoms with Crippen molar-refractivity contribution in [3.63, 3.8) is 0 Å². The van der Waals surface area contributed by atoms with Gasteiger partial charge in [0.1, 0.15) is 0 Å². The summed E-state index contributed by atoms with van der Waals surface area (Å²) in [5.41, 5.74) is 6.16. The first kappa shape index (κ1) is 16.0. The normalized spacial score (nSPS) is 19.0. The molecule has 1 aliphatic rings. The Bertz CT molecular complexity index is 197. The van der Waals surface area contributed by atoms with E-state index >= 15 is 0 Å². The van der Waals surface area contributed by atoms with E-state index in [-0.39, 0.29) is 0 Å². The van der Waals surface area contributed by atoms with E-state index in [9.17, 15) is 0 Å². The average molecular weight is 254 g/mol. The maximum absolute atomic E-state index is 6.16. The van der Waals surface area contributed by atoms with Crippen LogP contribution >= 0.6 is 0 Å². The SMILES string of the molecule is CCCC(N)CCN(CCC(C)C)C1CCCC1. The molecule has 0 aromatic heterocycles. The van der Waals surface area contributed by atoms with Crippen LogP contribution in [0.4, 0.5) is 0 Å². The highest BCUT2D eigenvalue weighted by atomic mass is 15.2. The number of rotatable bonds is 9. The Kier molecular flexibility index (Phi) is 7.92. The summed E-state index contributed by atoms with van der Waals surface area (Å²) in [5, 5.41) is 0. The first-order chi connectivity index (χ1) is 8.63. The van der Waals surface area contributed by atoms with Gasteiger partial charge in [-0.1, -0.05) is 40.0 Å². The van der Waals surface area contributed by atoms with Crippen LogP contribution in [0, 0.1) is 5.92 Å². The zero-order valence-electron chi connectivity index (χ0n) is 12.8. The molecule has 0 aromatic carbocycles. The molecule has 2 heteroatoms. The molecule has 1 saturated carbocycles. The van der Waals surface area contributed by atoms with Crippen molar-refractivity contribution < 1.29 is 0 Å². The summed E-state index contributed by atoms with van der Waals surface area (Å²) in [4.78, 5) is 2.74. The topological polar surface area (TPSA) is 29.3 Å². The van der Waals surface area contributed by atoms with Gasteiger partial charge in [-0.3, -0.25) is 0 Å². The third kappa shape index (κ3) is 6.19. The third-order valence-electron chi connectivity index (χ3n) is 4.28. The molecule has 18 heavy (non-hydrogen) atoms. The standard InChI is InChI=1S/C16H34N2/c1-4-7-15(17)11-13-18(12-10-14(2)3)16-8-5-6-9-16/h14-16H,4-13,17H2,1-3H3. The van der Waals surface area contributed by atoms with Crippen LogP contribution in [-0.2, 0) is 0 Å². The molecule has 2 N–H and O–H groups in total.